The van der Waals surface area contributed by atoms with Crippen molar-refractivity contribution in [2.24, 2.45) is 0 Å². The van der Waals surface area contributed by atoms with Crippen LogP contribution < -0.4 is 16.0 Å². The molecule has 1 aromatic rings. The van der Waals surface area contributed by atoms with Crippen LogP contribution in [-0.2, 0) is 0 Å². The molecule has 0 atom stereocenters. The summed E-state index contributed by atoms with van der Waals surface area (Å²) in [6.07, 6.45) is 6.32. The zero-order chi connectivity index (χ0) is 11.7. The zero-order valence-corrected chi connectivity index (χ0v) is 9.57. The Morgan fingerprint density at radius 3 is 2.53 bits per heavy atom. The molecule has 0 aliphatic heterocycles. The summed E-state index contributed by atoms with van der Waals surface area (Å²) in [5.41, 5.74) is 0.726. The summed E-state index contributed by atoms with van der Waals surface area (Å²) < 4.78 is 0. The van der Waals surface area contributed by atoms with Gasteiger partial charge in [-0.25, -0.2) is 9.78 Å². The van der Waals surface area contributed by atoms with Crippen LogP contribution >= 0.6 is 0 Å². The van der Waals surface area contributed by atoms with E-state index in [1.54, 1.807) is 6.20 Å². The Morgan fingerprint density at radius 1 is 1.18 bits per heavy atom. The predicted octanol–water partition coefficient (Wildman–Crippen LogP) is 1.94. The fourth-order valence-corrected chi connectivity index (χ4v) is 1.57. The molecule has 2 aliphatic carbocycles. The van der Waals surface area contributed by atoms with E-state index in [-0.39, 0.29) is 6.03 Å². The number of aromatic nitrogens is 1. The van der Waals surface area contributed by atoms with Crippen molar-refractivity contribution < 1.29 is 4.79 Å². The summed E-state index contributed by atoms with van der Waals surface area (Å²) in [6.45, 7) is 0. The summed E-state index contributed by atoms with van der Waals surface area (Å²) in [5.74, 6) is 0.876. The molecule has 1 heterocycles. The molecule has 1 aromatic heterocycles. The van der Waals surface area contributed by atoms with E-state index in [4.69, 9.17) is 0 Å². The van der Waals surface area contributed by atoms with Gasteiger partial charge in [-0.2, -0.15) is 0 Å². The Hall–Kier alpha value is -1.78. The second kappa shape index (κ2) is 4.24. The van der Waals surface area contributed by atoms with Gasteiger partial charge >= 0.3 is 6.03 Å². The fraction of sp³-hybridized carbons (Fsp3) is 0.500. The Bertz CT molecular complexity index is 409. The lowest BCUT2D eigenvalue weighted by Gasteiger charge is -2.07. The van der Waals surface area contributed by atoms with Crippen LogP contribution in [0.15, 0.2) is 18.3 Å². The summed E-state index contributed by atoms with van der Waals surface area (Å²) in [6, 6.07) is 4.59. The van der Waals surface area contributed by atoms with Crippen LogP contribution in [0.2, 0.25) is 0 Å². The minimum Gasteiger partial charge on any atom is -0.367 e. The zero-order valence-electron chi connectivity index (χ0n) is 9.57. The van der Waals surface area contributed by atoms with Crippen LogP contribution in [0.1, 0.15) is 25.7 Å². The molecule has 2 amide bonds. The first kappa shape index (κ1) is 10.4. The fourth-order valence-electron chi connectivity index (χ4n) is 1.57. The minimum atomic E-state index is -0.141. The van der Waals surface area contributed by atoms with Gasteiger partial charge in [-0.3, -0.25) is 0 Å². The second-order valence-electron chi connectivity index (χ2n) is 4.72. The summed E-state index contributed by atoms with van der Waals surface area (Å²) in [7, 11) is 0. The molecule has 2 aliphatic rings. The topological polar surface area (TPSA) is 66.0 Å². The highest BCUT2D eigenvalue weighted by Gasteiger charge is 2.23. The standard InChI is InChI=1S/C12H16N4O/c17-12(15-9-3-4-9)16-10-5-6-11(13-7-10)14-8-1-2-8/h5-9H,1-4H2,(H,13,14)(H2,15,16,17). The maximum Gasteiger partial charge on any atom is 0.319 e. The van der Waals surface area contributed by atoms with E-state index in [2.05, 4.69) is 20.9 Å². The van der Waals surface area contributed by atoms with Crippen LogP contribution in [0.3, 0.4) is 0 Å². The minimum absolute atomic E-state index is 0.141. The largest absolute Gasteiger partial charge is 0.367 e. The lowest BCUT2D eigenvalue weighted by Crippen LogP contribution is -2.30. The van der Waals surface area contributed by atoms with Crippen molar-refractivity contribution in [3.8, 4) is 0 Å². The van der Waals surface area contributed by atoms with Crippen molar-refractivity contribution in [2.75, 3.05) is 10.6 Å². The average molecular weight is 232 g/mol. The molecule has 0 radical (unpaired) electrons. The summed E-state index contributed by atoms with van der Waals surface area (Å²) >= 11 is 0. The molecule has 90 valence electrons. The first-order valence-corrected chi connectivity index (χ1v) is 6.10. The van der Waals surface area contributed by atoms with Gasteiger partial charge in [0.1, 0.15) is 5.82 Å². The molecule has 0 spiro atoms. The van der Waals surface area contributed by atoms with Crippen LogP contribution in [0.4, 0.5) is 16.3 Å². The molecule has 0 unspecified atom stereocenters. The predicted molar refractivity (Wildman–Crippen MR) is 66.1 cm³/mol. The first-order valence-electron chi connectivity index (χ1n) is 6.10. The van der Waals surface area contributed by atoms with Gasteiger partial charge in [0.2, 0.25) is 0 Å². The van der Waals surface area contributed by atoms with E-state index in [0.717, 1.165) is 24.3 Å². The normalized spacial score (nSPS) is 18.6. The Labute approximate surface area is 100 Å². The lowest BCUT2D eigenvalue weighted by molar-refractivity contribution is 0.251. The number of nitrogens with zero attached hydrogens (tertiary/aromatic N) is 1. The Kier molecular flexibility index (Phi) is 2.59. The van der Waals surface area contributed by atoms with Gasteiger partial charge < -0.3 is 16.0 Å². The van der Waals surface area contributed by atoms with Crippen molar-refractivity contribution in [1.82, 2.24) is 10.3 Å². The van der Waals surface area contributed by atoms with Crippen molar-refractivity contribution >= 4 is 17.5 Å². The van der Waals surface area contributed by atoms with Gasteiger partial charge in [0, 0.05) is 12.1 Å². The van der Waals surface area contributed by atoms with E-state index < -0.39 is 0 Å². The van der Waals surface area contributed by atoms with E-state index in [0.29, 0.717) is 12.1 Å². The highest BCUT2D eigenvalue weighted by atomic mass is 16.2. The van der Waals surface area contributed by atoms with Crippen molar-refractivity contribution in [3.63, 3.8) is 0 Å². The highest BCUT2D eigenvalue weighted by Crippen LogP contribution is 2.24. The lowest BCUT2D eigenvalue weighted by atomic mass is 10.4. The third-order valence-corrected chi connectivity index (χ3v) is 2.86. The van der Waals surface area contributed by atoms with Crippen LogP contribution in [0.5, 0.6) is 0 Å². The quantitative estimate of drug-likeness (QED) is 0.743. The molecule has 0 saturated heterocycles. The number of rotatable bonds is 4. The Balaban J connectivity index is 1.53. The highest BCUT2D eigenvalue weighted by molar-refractivity contribution is 5.89. The van der Waals surface area contributed by atoms with Crippen molar-refractivity contribution in [1.29, 1.82) is 0 Å². The van der Waals surface area contributed by atoms with Crippen molar-refractivity contribution in [2.45, 2.75) is 37.8 Å². The van der Waals surface area contributed by atoms with E-state index in [9.17, 15) is 4.79 Å². The average Bonchev–Trinajstić information content (AvgIpc) is 3.17. The number of hydrogen-bond donors (Lipinski definition) is 3. The monoisotopic (exact) mass is 232 g/mol. The van der Waals surface area contributed by atoms with E-state index in [1.165, 1.54) is 12.8 Å². The van der Waals surface area contributed by atoms with Crippen LogP contribution in [-0.4, -0.2) is 23.1 Å². The van der Waals surface area contributed by atoms with Crippen LogP contribution in [0, 0.1) is 0 Å². The van der Waals surface area contributed by atoms with Gasteiger partial charge in [-0.15, -0.1) is 0 Å². The maximum absolute atomic E-state index is 11.5. The van der Waals surface area contributed by atoms with Crippen molar-refractivity contribution in [3.05, 3.63) is 18.3 Å². The Morgan fingerprint density at radius 2 is 1.94 bits per heavy atom. The number of anilines is 2. The molecule has 5 nitrogen and oxygen atoms in total. The molecule has 17 heavy (non-hydrogen) atoms. The number of carbonyl (C=O) groups is 1. The molecule has 2 saturated carbocycles. The second-order valence-corrected chi connectivity index (χ2v) is 4.72. The SMILES string of the molecule is O=C(Nc1ccc(NC2CC2)nc1)NC1CC1. The summed E-state index contributed by atoms with van der Waals surface area (Å²) in [5, 5.41) is 8.93. The molecular weight excluding hydrogens is 216 g/mol. The number of urea groups is 1. The number of amides is 2. The number of hydrogen-bond acceptors (Lipinski definition) is 3. The molecule has 0 bridgehead atoms. The number of pyridine rings is 1. The third kappa shape index (κ3) is 3.09. The summed E-state index contributed by atoms with van der Waals surface area (Å²) in [4.78, 5) is 15.7. The molecule has 2 fully saturated rings. The van der Waals surface area contributed by atoms with Gasteiger partial charge in [0.15, 0.2) is 0 Å². The smallest absolute Gasteiger partial charge is 0.319 e. The van der Waals surface area contributed by atoms with E-state index >= 15 is 0 Å². The molecule has 0 aromatic carbocycles. The molecular formula is C12H16N4O. The van der Waals surface area contributed by atoms with Gasteiger partial charge in [-0.05, 0) is 37.8 Å². The maximum atomic E-state index is 11.5. The third-order valence-electron chi connectivity index (χ3n) is 2.86. The number of carbonyl (C=O) groups excluding carboxylic acids is 1. The van der Waals surface area contributed by atoms with Gasteiger partial charge in [0.25, 0.3) is 0 Å². The molecule has 3 rings (SSSR count). The van der Waals surface area contributed by atoms with Crippen LogP contribution in [0.25, 0.3) is 0 Å². The van der Waals surface area contributed by atoms with Gasteiger partial charge in [0.05, 0.1) is 11.9 Å². The molecule has 3 N–H and O–H groups in total. The number of nitrogens with one attached hydrogen (secondary N) is 3. The van der Waals surface area contributed by atoms with Gasteiger partial charge in [-0.1, -0.05) is 0 Å². The van der Waals surface area contributed by atoms with E-state index in [1.807, 2.05) is 12.1 Å². The first-order chi connectivity index (χ1) is 8.29. The molecule has 5 heteroatoms.